The Hall–Kier alpha value is -3.04. The van der Waals surface area contributed by atoms with Gasteiger partial charge in [-0.1, -0.05) is 12.1 Å². The number of carbonyl (C=O) groups excluding carboxylic acids is 1. The van der Waals surface area contributed by atoms with E-state index in [1.54, 1.807) is 12.3 Å². The summed E-state index contributed by atoms with van der Waals surface area (Å²) in [5.41, 5.74) is 3.01. The van der Waals surface area contributed by atoms with Crippen LogP contribution in [0.3, 0.4) is 0 Å². The molecule has 140 valence electrons. The van der Waals surface area contributed by atoms with Crippen molar-refractivity contribution >= 4 is 22.8 Å². The molecule has 9 heteroatoms. The standard InChI is InChI=1S/C18H21N7O2/c26-18(21-14-4-1-5-15-17(14)23-24-22-15)20-12-16(13-3-2-6-19-11-13)25-7-9-27-10-8-25/h1-6,11,16H,7-10,12H2,(H2,20,21,26)(H,22,23,24)/t16-/m0/s1. The number of fused-ring (bicyclic) bond motifs is 1. The van der Waals surface area contributed by atoms with Gasteiger partial charge in [-0.25, -0.2) is 4.79 Å². The van der Waals surface area contributed by atoms with Crippen molar-refractivity contribution in [3.8, 4) is 0 Å². The summed E-state index contributed by atoms with van der Waals surface area (Å²) in [4.78, 5) is 19.0. The Morgan fingerprint density at radius 1 is 1.22 bits per heavy atom. The summed E-state index contributed by atoms with van der Waals surface area (Å²) >= 11 is 0. The van der Waals surface area contributed by atoms with Crippen molar-refractivity contribution < 1.29 is 9.53 Å². The fraction of sp³-hybridized carbons (Fsp3) is 0.333. The van der Waals surface area contributed by atoms with Gasteiger partial charge in [0.15, 0.2) is 0 Å². The highest BCUT2D eigenvalue weighted by Gasteiger charge is 2.23. The van der Waals surface area contributed by atoms with Crippen LogP contribution in [0.1, 0.15) is 11.6 Å². The minimum absolute atomic E-state index is 0.0381. The average molecular weight is 367 g/mol. The molecule has 3 aromatic rings. The molecule has 2 aromatic heterocycles. The van der Waals surface area contributed by atoms with Gasteiger partial charge < -0.3 is 15.4 Å². The lowest BCUT2D eigenvalue weighted by Crippen LogP contribution is -2.44. The number of para-hydroxylation sites is 1. The quantitative estimate of drug-likeness (QED) is 0.631. The second-order valence-electron chi connectivity index (χ2n) is 6.28. The molecule has 1 fully saturated rings. The summed E-state index contributed by atoms with van der Waals surface area (Å²) in [7, 11) is 0. The van der Waals surface area contributed by atoms with Crippen molar-refractivity contribution in [1.82, 2.24) is 30.6 Å². The fourth-order valence-corrected chi connectivity index (χ4v) is 3.24. The number of amides is 2. The number of hydrogen-bond acceptors (Lipinski definition) is 6. The zero-order chi connectivity index (χ0) is 18.5. The van der Waals surface area contributed by atoms with Crippen LogP contribution in [0.25, 0.3) is 11.0 Å². The molecule has 4 rings (SSSR count). The van der Waals surface area contributed by atoms with Crippen LogP contribution >= 0.6 is 0 Å². The number of benzene rings is 1. The molecule has 0 bridgehead atoms. The van der Waals surface area contributed by atoms with Crippen molar-refractivity contribution in [2.45, 2.75) is 6.04 Å². The van der Waals surface area contributed by atoms with Gasteiger partial charge in [0, 0.05) is 32.0 Å². The molecule has 2 amide bonds. The lowest BCUT2D eigenvalue weighted by atomic mass is 10.1. The van der Waals surface area contributed by atoms with E-state index in [9.17, 15) is 4.79 Å². The first-order valence-electron chi connectivity index (χ1n) is 8.87. The molecule has 0 aliphatic carbocycles. The third-order valence-corrected chi connectivity index (χ3v) is 4.61. The number of rotatable bonds is 5. The molecule has 3 N–H and O–H groups in total. The van der Waals surface area contributed by atoms with E-state index in [0.29, 0.717) is 36.5 Å². The molecule has 3 heterocycles. The van der Waals surface area contributed by atoms with Crippen LogP contribution in [0.15, 0.2) is 42.7 Å². The lowest BCUT2D eigenvalue weighted by molar-refractivity contribution is 0.0167. The molecular formula is C18H21N7O2. The smallest absolute Gasteiger partial charge is 0.319 e. The molecule has 0 saturated carbocycles. The van der Waals surface area contributed by atoms with Gasteiger partial charge >= 0.3 is 6.03 Å². The summed E-state index contributed by atoms with van der Waals surface area (Å²) in [5.74, 6) is 0. The van der Waals surface area contributed by atoms with Crippen molar-refractivity contribution in [2.75, 3.05) is 38.2 Å². The molecule has 1 atom stereocenters. The Morgan fingerprint density at radius 2 is 2.11 bits per heavy atom. The molecule has 1 aromatic carbocycles. The Kier molecular flexibility index (Phi) is 5.22. The highest BCUT2D eigenvalue weighted by Crippen LogP contribution is 2.21. The normalized spacial score (nSPS) is 16.1. The van der Waals surface area contributed by atoms with E-state index in [4.69, 9.17) is 4.74 Å². The number of aromatic amines is 1. The number of nitrogens with zero attached hydrogens (tertiary/aromatic N) is 4. The van der Waals surface area contributed by atoms with Gasteiger partial charge in [-0.2, -0.15) is 15.4 Å². The Bertz CT molecular complexity index is 893. The van der Waals surface area contributed by atoms with E-state index >= 15 is 0 Å². The van der Waals surface area contributed by atoms with E-state index in [2.05, 4.69) is 35.9 Å². The van der Waals surface area contributed by atoms with Gasteiger partial charge in [0.2, 0.25) is 0 Å². The summed E-state index contributed by atoms with van der Waals surface area (Å²) in [6, 6.07) is 9.15. The predicted octanol–water partition coefficient (Wildman–Crippen LogP) is 1.55. The number of nitrogens with one attached hydrogen (secondary N) is 3. The van der Waals surface area contributed by atoms with Crippen LogP contribution in [0.5, 0.6) is 0 Å². The summed E-state index contributed by atoms with van der Waals surface area (Å²) in [5, 5.41) is 16.5. The van der Waals surface area contributed by atoms with Crippen LogP contribution < -0.4 is 10.6 Å². The fourth-order valence-electron chi connectivity index (χ4n) is 3.24. The highest BCUT2D eigenvalue weighted by molar-refractivity contribution is 5.98. The largest absolute Gasteiger partial charge is 0.379 e. The maximum atomic E-state index is 12.5. The Morgan fingerprint density at radius 3 is 2.93 bits per heavy atom. The molecule has 1 aliphatic heterocycles. The number of H-pyrrole nitrogens is 1. The predicted molar refractivity (Wildman–Crippen MR) is 100 cm³/mol. The van der Waals surface area contributed by atoms with Gasteiger partial charge in [-0.15, -0.1) is 0 Å². The first kappa shape index (κ1) is 17.4. The van der Waals surface area contributed by atoms with Crippen molar-refractivity contribution in [3.63, 3.8) is 0 Å². The van der Waals surface area contributed by atoms with E-state index in [1.807, 2.05) is 30.5 Å². The van der Waals surface area contributed by atoms with Crippen molar-refractivity contribution in [1.29, 1.82) is 0 Å². The Labute approximate surface area is 156 Å². The zero-order valence-electron chi connectivity index (χ0n) is 14.8. The molecule has 0 unspecified atom stereocenters. The average Bonchev–Trinajstić information content (AvgIpc) is 3.20. The zero-order valence-corrected chi connectivity index (χ0v) is 14.8. The minimum Gasteiger partial charge on any atom is -0.379 e. The van der Waals surface area contributed by atoms with Gasteiger partial charge in [-0.3, -0.25) is 9.88 Å². The van der Waals surface area contributed by atoms with Crippen LogP contribution in [0.4, 0.5) is 10.5 Å². The van der Waals surface area contributed by atoms with Crippen LogP contribution in [0, 0.1) is 0 Å². The summed E-state index contributed by atoms with van der Waals surface area (Å²) in [6.45, 7) is 3.49. The van der Waals surface area contributed by atoms with Crippen molar-refractivity contribution in [3.05, 3.63) is 48.3 Å². The first-order chi connectivity index (χ1) is 13.3. The van der Waals surface area contributed by atoms with Gasteiger partial charge in [0.05, 0.1) is 24.9 Å². The number of morpholine rings is 1. The van der Waals surface area contributed by atoms with Gasteiger partial charge in [-0.05, 0) is 23.8 Å². The third-order valence-electron chi connectivity index (χ3n) is 4.61. The second kappa shape index (κ2) is 8.11. The molecule has 27 heavy (non-hydrogen) atoms. The van der Waals surface area contributed by atoms with E-state index in [0.717, 1.165) is 18.7 Å². The van der Waals surface area contributed by atoms with Crippen molar-refractivity contribution in [2.24, 2.45) is 0 Å². The number of ether oxygens (including phenoxy) is 1. The number of pyridine rings is 1. The lowest BCUT2D eigenvalue weighted by Gasteiger charge is -2.34. The van der Waals surface area contributed by atoms with E-state index in [1.165, 1.54) is 0 Å². The van der Waals surface area contributed by atoms with Gasteiger partial charge in [0.25, 0.3) is 0 Å². The number of urea groups is 1. The SMILES string of the molecule is O=C(NC[C@@H](c1cccnc1)N1CCOCC1)Nc1cccc2n[nH]nc12. The van der Waals surface area contributed by atoms with Gasteiger partial charge in [0.1, 0.15) is 11.0 Å². The molecular weight excluding hydrogens is 346 g/mol. The molecule has 1 saturated heterocycles. The maximum absolute atomic E-state index is 12.5. The topological polar surface area (TPSA) is 108 Å². The summed E-state index contributed by atoms with van der Waals surface area (Å²) < 4.78 is 5.45. The Balaban J connectivity index is 1.44. The van der Waals surface area contributed by atoms with Crippen LogP contribution in [-0.2, 0) is 4.74 Å². The minimum atomic E-state index is -0.285. The monoisotopic (exact) mass is 367 g/mol. The highest BCUT2D eigenvalue weighted by atomic mass is 16.5. The van der Waals surface area contributed by atoms with Crippen LogP contribution in [0.2, 0.25) is 0 Å². The first-order valence-corrected chi connectivity index (χ1v) is 8.87. The third kappa shape index (κ3) is 4.04. The maximum Gasteiger partial charge on any atom is 0.319 e. The molecule has 0 spiro atoms. The van der Waals surface area contributed by atoms with Crippen LogP contribution in [-0.4, -0.2) is 64.2 Å². The van der Waals surface area contributed by atoms with E-state index in [-0.39, 0.29) is 12.1 Å². The second-order valence-corrected chi connectivity index (χ2v) is 6.28. The molecule has 9 nitrogen and oxygen atoms in total. The number of hydrogen-bond donors (Lipinski definition) is 3. The number of carbonyl (C=O) groups is 1. The van der Waals surface area contributed by atoms with E-state index < -0.39 is 0 Å². The number of anilines is 1. The number of aromatic nitrogens is 4. The molecule has 0 radical (unpaired) electrons. The molecule has 1 aliphatic rings. The summed E-state index contributed by atoms with van der Waals surface area (Å²) in [6.07, 6.45) is 3.59.